The summed E-state index contributed by atoms with van der Waals surface area (Å²) in [5.74, 6) is 1.20. The van der Waals surface area contributed by atoms with Gasteiger partial charge in [-0.25, -0.2) is 4.68 Å². The molecule has 2 aromatic rings. The topological polar surface area (TPSA) is 61.4 Å². The van der Waals surface area contributed by atoms with Gasteiger partial charge in [-0.1, -0.05) is 5.21 Å². The molecule has 0 saturated heterocycles. The minimum atomic E-state index is 0.374. The van der Waals surface area contributed by atoms with Gasteiger partial charge in [0.15, 0.2) is 5.82 Å². The zero-order chi connectivity index (χ0) is 9.97. The Morgan fingerprint density at radius 3 is 2.86 bits per heavy atom. The lowest BCUT2D eigenvalue weighted by molar-refractivity contribution is 0.605. The second kappa shape index (κ2) is 3.75. The maximum atomic E-state index is 5.60. The molecule has 0 N–H and O–H groups in total. The third-order valence-electron chi connectivity index (χ3n) is 1.83. The quantitative estimate of drug-likeness (QED) is 0.682. The molecule has 14 heavy (non-hydrogen) atoms. The van der Waals surface area contributed by atoms with Crippen LogP contribution in [0.2, 0.25) is 0 Å². The van der Waals surface area contributed by atoms with Crippen molar-refractivity contribution in [3.8, 4) is 0 Å². The summed E-state index contributed by atoms with van der Waals surface area (Å²) in [4.78, 5) is 0. The molecule has 0 radical (unpaired) electrons. The van der Waals surface area contributed by atoms with Gasteiger partial charge in [0.25, 0.3) is 0 Å². The Labute approximate surface area is 85.5 Å². The fraction of sp³-hybridized carbons (Fsp3) is 0.429. The van der Waals surface area contributed by atoms with Gasteiger partial charge in [0.1, 0.15) is 12.9 Å². The molecule has 0 bridgehead atoms. The zero-order valence-corrected chi connectivity index (χ0v) is 8.39. The molecule has 6 nitrogen and oxygen atoms in total. The fourth-order valence-corrected chi connectivity index (χ4v) is 1.19. The summed E-state index contributed by atoms with van der Waals surface area (Å²) < 4.78 is 3.52. The van der Waals surface area contributed by atoms with Gasteiger partial charge in [0, 0.05) is 7.05 Å². The smallest absolute Gasteiger partial charge is 0.154 e. The van der Waals surface area contributed by atoms with Crippen LogP contribution >= 0.6 is 11.6 Å². The van der Waals surface area contributed by atoms with Crippen molar-refractivity contribution in [2.24, 2.45) is 7.05 Å². The summed E-state index contributed by atoms with van der Waals surface area (Å²) in [5.41, 5.74) is 0.758. The number of halogens is 1. The van der Waals surface area contributed by atoms with Crippen molar-refractivity contribution in [1.29, 1.82) is 0 Å². The SMILES string of the molecule is Cn1cnnc1Cn1cc(CCl)nn1. The van der Waals surface area contributed by atoms with E-state index in [4.69, 9.17) is 11.6 Å². The van der Waals surface area contributed by atoms with E-state index in [1.54, 1.807) is 17.2 Å². The highest BCUT2D eigenvalue weighted by atomic mass is 35.5. The second-order valence-electron chi connectivity index (χ2n) is 2.90. The van der Waals surface area contributed by atoms with Crippen molar-refractivity contribution < 1.29 is 0 Å². The number of aromatic nitrogens is 6. The van der Waals surface area contributed by atoms with E-state index in [-0.39, 0.29) is 0 Å². The summed E-state index contributed by atoms with van der Waals surface area (Å²) in [7, 11) is 1.88. The van der Waals surface area contributed by atoms with Crippen molar-refractivity contribution in [1.82, 2.24) is 29.8 Å². The van der Waals surface area contributed by atoms with Gasteiger partial charge >= 0.3 is 0 Å². The number of hydrogen-bond donors (Lipinski definition) is 0. The highest BCUT2D eigenvalue weighted by Gasteiger charge is 2.04. The van der Waals surface area contributed by atoms with Crippen molar-refractivity contribution in [3.63, 3.8) is 0 Å². The monoisotopic (exact) mass is 212 g/mol. The molecule has 0 aliphatic rings. The fourth-order valence-electron chi connectivity index (χ4n) is 1.07. The van der Waals surface area contributed by atoms with Crippen LogP contribution < -0.4 is 0 Å². The first kappa shape index (κ1) is 9.14. The largest absolute Gasteiger partial charge is 0.319 e. The lowest BCUT2D eigenvalue weighted by Crippen LogP contribution is -2.06. The molecule has 0 spiro atoms. The van der Waals surface area contributed by atoms with Crippen LogP contribution in [0.15, 0.2) is 12.5 Å². The molecule has 0 amide bonds. The van der Waals surface area contributed by atoms with Crippen molar-refractivity contribution >= 4 is 11.6 Å². The third kappa shape index (κ3) is 1.74. The second-order valence-corrected chi connectivity index (χ2v) is 3.17. The van der Waals surface area contributed by atoms with Crippen LogP contribution in [0, 0.1) is 0 Å². The Kier molecular flexibility index (Phi) is 2.45. The molecule has 2 aromatic heterocycles. The Hall–Kier alpha value is -1.43. The minimum absolute atomic E-state index is 0.374. The van der Waals surface area contributed by atoms with E-state index in [1.807, 2.05) is 11.6 Å². The Bertz CT molecular complexity index is 419. The number of aryl methyl sites for hydroxylation is 1. The highest BCUT2D eigenvalue weighted by molar-refractivity contribution is 6.16. The molecular weight excluding hydrogens is 204 g/mol. The van der Waals surface area contributed by atoms with Crippen molar-refractivity contribution in [2.45, 2.75) is 12.4 Å². The Morgan fingerprint density at radius 2 is 2.29 bits per heavy atom. The van der Waals surface area contributed by atoms with E-state index < -0.39 is 0 Å². The Morgan fingerprint density at radius 1 is 1.43 bits per heavy atom. The molecule has 0 saturated carbocycles. The van der Waals surface area contributed by atoms with Gasteiger partial charge in [-0.2, -0.15) is 0 Å². The van der Waals surface area contributed by atoms with Crippen LogP contribution in [-0.4, -0.2) is 29.8 Å². The maximum Gasteiger partial charge on any atom is 0.154 e. The predicted molar refractivity (Wildman–Crippen MR) is 49.7 cm³/mol. The van der Waals surface area contributed by atoms with Crippen LogP contribution in [0.4, 0.5) is 0 Å². The summed E-state index contributed by atoms with van der Waals surface area (Å²) in [6.07, 6.45) is 3.44. The van der Waals surface area contributed by atoms with Crippen molar-refractivity contribution in [2.75, 3.05) is 0 Å². The van der Waals surface area contributed by atoms with Gasteiger partial charge in [0.2, 0.25) is 0 Å². The normalized spacial score (nSPS) is 10.7. The van der Waals surface area contributed by atoms with E-state index in [9.17, 15) is 0 Å². The molecule has 7 heteroatoms. The standard InChI is InChI=1S/C7H9ClN6/c1-13-5-9-11-7(13)4-14-3-6(2-8)10-12-14/h3,5H,2,4H2,1H3. The maximum absolute atomic E-state index is 5.60. The predicted octanol–water partition coefficient (Wildman–Crippen LogP) is 0.194. The van der Waals surface area contributed by atoms with E-state index in [2.05, 4.69) is 20.5 Å². The van der Waals surface area contributed by atoms with Gasteiger partial charge in [-0.3, -0.25) is 0 Å². The molecule has 0 fully saturated rings. The molecule has 0 aliphatic carbocycles. The summed E-state index contributed by atoms with van der Waals surface area (Å²) >= 11 is 5.60. The molecule has 74 valence electrons. The first-order chi connectivity index (χ1) is 6.79. The van der Waals surface area contributed by atoms with E-state index in [0.717, 1.165) is 11.5 Å². The molecule has 0 aliphatic heterocycles. The molecule has 0 aromatic carbocycles. The summed E-state index contributed by atoms with van der Waals surface area (Å²) in [6, 6.07) is 0. The molecule has 2 heterocycles. The first-order valence-electron chi connectivity index (χ1n) is 4.07. The number of alkyl halides is 1. The Balaban J connectivity index is 2.15. The van der Waals surface area contributed by atoms with Crippen LogP contribution in [0.1, 0.15) is 11.5 Å². The van der Waals surface area contributed by atoms with Crippen LogP contribution in [0.3, 0.4) is 0 Å². The average molecular weight is 213 g/mol. The number of rotatable bonds is 3. The average Bonchev–Trinajstić information content (AvgIpc) is 2.77. The van der Waals surface area contributed by atoms with E-state index in [1.165, 1.54) is 0 Å². The van der Waals surface area contributed by atoms with Crippen molar-refractivity contribution in [3.05, 3.63) is 24.0 Å². The third-order valence-corrected chi connectivity index (χ3v) is 2.11. The van der Waals surface area contributed by atoms with Gasteiger partial charge in [-0.05, 0) is 0 Å². The lowest BCUT2D eigenvalue weighted by atomic mass is 10.5. The summed E-state index contributed by atoms with van der Waals surface area (Å²) in [5, 5.41) is 15.5. The van der Waals surface area contributed by atoms with Gasteiger partial charge < -0.3 is 4.57 Å². The molecule has 2 rings (SSSR count). The number of hydrogen-bond acceptors (Lipinski definition) is 4. The van der Waals surface area contributed by atoms with Crippen LogP contribution in [0.5, 0.6) is 0 Å². The number of nitrogens with zero attached hydrogens (tertiary/aromatic N) is 6. The summed E-state index contributed by atoms with van der Waals surface area (Å²) in [6.45, 7) is 0.556. The van der Waals surface area contributed by atoms with Crippen LogP contribution in [-0.2, 0) is 19.5 Å². The first-order valence-corrected chi connectivity index (χ1v) is 4.61. The minimum Gasteiger partial charge on any atom is -0.319 e. The van der Waals surface area contributed by atoms with Crippen LogP contribution in [0.25, 0.3) is 0 Å². The lowest BCUT2D eigenvalue weighted by Gasteiger charge is -1.98. The highest BCUT2D eigenvalue weighted by Crippen LogP contribution is 2.00. The van der Waals surface area contributed by atoms with E-state index >= 15 is 0 Å². The molecule has 0 atom stereocenters. The zero-order valence-electron chi connectivity index (χ0n) is 7.63. The molecular formula is C7H9ClN6. The van der Waals surface area contributed by atoms with E-state index in [0.29, 0.717) is 12.4 Å². The molecule has 0 unspecified atom stereocenters. The van der Waals surface area contributed by atoms with Gasteiger partial charge in [0.05, 0.1) is 17.8 Å². The van der Waals surface area contributed by atoms with Gasteiger partial charge in [-0.15, -0.1) is 26.9 Å².